The highest BCUT2D eigenvalue weighted by Crippen LogP contribution is 2.29. The lowest BCUT2D eigenvalue weighted by Crippen LogP contribution is -2.37. The number of hydrogen-bond acceptors (Lipinski definition) is 2. The third-order valence-corrected chi connectivity index (χ3v) is 4.62. The van der Waals surface area contributed by atoms with E-state index < -0.39 is 11.0 Å². The van der Waals surface area contributed by atoms with Crippen LogP contribution in [-0.2, 0) is 17.4 Å². The summed E-state index contributed by atoms with van der Waals surface area (Å²) < 4.78 is 15.1. The molecule has 0 spiro atoms. The Balaban J connectivity index is 2.17. The van der Waals surface area contributed by atoms with Crippen molar-refractivity contribution in [3.8, 4) is 0 Å². The van der Waals surface area contributed by atoms with E-state index >= 15 is 0 Å². The standard InChI is InChI=1S/C13H20N2OS/c1-13(2,3)17(16)15-12-8-4-7-11-10(12)6-5-9-14-11/h5-6,9,12,15H,4,7-8H2,1-3H3/t12-,17-/m0/s1. The summed E-state index contributed by atoms with van der Waals surface area (Å²) in [5.74, 6) is 0. The van der Waals surface area contributed by atoms with Gasteiger partial charge >= 0.3 is 0 Å². The number of pyridine rings is 1. The molecule has 1 heterocycles. The van der Waals surface area contributed by atoms with E-state index in [-0.39, 0.29) is 10.8 Å². The van der Waals surface area contributed by atoms with E-state index in [1.165, 1.54) is 5.56 Å². The fourth-order valence-corrected chi connectivity index (χ4v) is 2.89. The molecule has 0 bridgehead atoms. The van der Waals surface area contributed by atoms with Crippen LogP contribution in [0.1, 0.15) is 50.9 Å². The summed E-state index contributed by atoms with van der Waals surface area (Å²) in [5.41, 5.74) is 2.37. The fourth-order valence-electron chi connectivity index (χ4n) is 2.03. The second-order valence-corrected chi connectivity index (χ2v) is 7.48. The average Bonchev–Trinajstić information content (AvgIpc) is 2.28. The average molecular weight is 252 g/mol. The highest BCUT2D eigenvalue weighted by molar-refractivity contribution is 7.84. The van der Waals surface area contributed by atoms with Crippen molar-refractivity contribution in [3.63, 3.8) is 0 Å². The molecule has 4 heteroatoms. The van der Waals surface area contributed by atoms with E-state index in [1.807, 2.05) is 33.0 Å². The van der Waals surface area contributed by atoms with Crippen molar-refractivity contribution in [2.24, 2.45) is 0 Å². The lowest BCUT2D eigenvalue weighted by molar-refractivity contribution is 0.516. The van der Waals surface area contributed by atoms with Gasteiger partial charge in [0.25, 0.3) is 0 Å². The van der Waals surface area contributed by atoms with Crippen molar-refractivity contribution in [2.75, 3.05) is 0 Å². The van der Waals surface area contributed by atoms with E-state index in [1.54, 1.807) is 0 Å². The van der Waals surface area contributed by atoms with Gasteiger partial charge in [-0.15, -0.1) is 0 Å². The van der Waals surface area contributed by atoms with Gasteiger partial charge in [0.2, 0.25) is 0 Å². The molecule has 1 aromatic heterocycles. The molecule has 94 valence electrons. The molecule has 0 aliphatic heterocycles. The first kappa shape index (κ1) is 12.7. The number of aromatic nitrogens is 1. The molecule has 2 rings (SSSR count). The number of fused-ring (bicyclic) bond motifs is 1. The predicted molar refractivity (Wildman–Crippen MR) is 70.9 cm³/mol. The maximum Gasteiger partial charge on any atom is 0.0975 e. The summed E-state index contributed by atoms with van der Waals surface area (Å²) in [7, 11) is -1.02. The van der Waals surface area contributed by atoms with Crippen LogP contribution in [0.4, 0.5) is 0 Å². The molecular formula is C13H20N2OS. The van der Waals surface area contributed by atoms with Gasteiger partial charge in [0.15, 0.2) is 0 Å². The summed E-state index contributed by atoms with van der Waals surface area (Å²) in [6.45, 7) is 5.97. The zero-order chi connectivity index (χ0) is 12.5. The van der Waals surface area contributed by atoms with Gasteiger partial charge in [-0.2, -0.15) is 0 Å². The van der Waals surface area contributed by atoms with Crippen LogP contribution in [0.15, 0.2) is 18.3 Å². The Hall–Kier alpha value is -0.740. The van der Waals surface area contributed by atoms with Crippen LogP contribution in [0.2, 0.25) is 0 Å². The molecule has 3 nitrogen and oxygen atoms in total. The van der Waals surface area contributed by atoms with Gasteiger partial charge in [-0.25, -0.2) is 8.93 Å². The van der Waals surface area contributed by atoms with Gasteiger partial charge in [-0.1, -0.05) is 6.07 Å². The molecule has 1 aliphatic carbocycles. The van der Waals surface area contributed by atoms with Gasteiger partial charge in [0.1, 0.15) is 0 Å². The molecule has 2 atom stereocenters. The molecule has 1 N–H and O–H groups in total. The molecule has 0 saturated carbocycles. The normalized spacial score (nSPS) is 21.9. The van der Waals surface area contributed by atoms with Gasteiger partial charge in [0, 0.05) is 17.9 Å². The summed E-state index contributed by atoms with van der Waals surface area (Å²) in [6, 6.07) is 4.24. The highest BCUT2D eigenvalue weighted by Gasteiger charge is 2.26. The fraction of sp³-hybridized carbons (Fsp3) is 0.615. The first-order valence-electron chi connectivity index (χ1n) is 6.10. The number of nitrogens with one attached hydrogen (secondary N) is 1. The molecule has 17 heavy (non-hydrogen) atoms. The molecule has 1 aromatic rings. The summed E-state index contributed by atoms with van der Waals surface area (Å²) >= 11 is 0. The van der Waals surface area contributed by atoms with Crippen molar-refractivity contribution in [1.29, 1.82) is 0 Å². The zero-order valence-electron chi connectivity index (χ0n) is 10.7. The molecule has 0 aromatic carbocycles. The first-order chi connectivity index (χ1) is 7.98. The minimum absolute atomic E-state index is 0.188. The van der Waals surface area contributed by atoms with Gasteiger partial charge in [-0.05, 0) is 51.7 Å². The number of rotatable bonds is 2. The minimum Gasteiger partial charge on any atom is -0.261 e. The molecule has 1 aliphatic rings. The van der Waals surface area contributed by atoms with Crippen LogP contribution in [-0.4, -0.2) is 13.9 Å². The van der Waals surface area contributed by atoms with Crippen molar-refractivity contribution >= 4 is 11.0 Å². The predicted octanol–water partition coefficient (Wildman–Crippen LogP) is 2.51. The largest absolute Gasteiger partial charge is 0.261 e. The van der Waals surface area contributed by atoms with E-state index in [0.29, 0.717) is 0 Å². The van der Waals surface area contributed by atoms with Crippen molar-refractivity contribution in [2.45, 2.75) is 50.8 Å². The molecule has 0 saturated heterocycles. The summed E-state index contributed by atoms with van der Waals surface area (Å²) in [4.78, 5) is 4.40. The van der Waals surface area contributed by atoms with E-state index in [9.17, 15) is 4.21 Å². The van der Waals surface area contributed by atoms with Gasteiger partial charge in [-0.3, -0.25) is 4.98 Å². The smallest absolute Gasteiger partial charge is 0.0975 e. The second-order valence-electron chi connectivity index (χ2n) is 5.48. The van der Waals surface area contributed by atoms with Crippen LogP contribution in [0.3, 0.4) is 0 Å². The Morgan fingerprint density at radius 2 is 2.24 bits per heavy atom. The topological polar surface area (TPSA) is 42.0 Å². The third-order valence-electron chi connectivity index (χ3n) is 3.01. The Morgan fingerprint density at radius 3 is 2.94 bits per heavy atom. The van der Waals surface area contributed by atoms with Crippen LogP contribution >= 0.6 is 0 Å². The van der Waals surface area contributed by atoms with E-state index in [0.717, 1.165) is 25.0 Å². The molecule has 0 radical (unpaired) electrons. The van der Waals surface area contributed by atoms with Crippen molar-refractivity contribution in [1.82, 2.24) is 9.71 Å². The monoisotopic (exact) mass is 252 g/mol. The van der Waals surface area contributed by atoms with Crippen LogP contribution in [0.5, 0.6) is 0 Å². The summed E-state index contributed by atoms with van der Waals surface area (Å²) in [5, 5.41) is 0. The van der Waals surface area contributed by atoms with E-state index in [2.05, 4.69) is 15.8 Å². The lowest BCUT2D eigenvalue weighted by atomic mass is 9.92. The van der Waals surface area contributed by atoms with Gasteiger partial charge in [0.05, 0.1) is 15.7 Å². The van der Waals surface area contributed by atoms with Crippen molar-refractivity contribution < 1.29 is 4.21 Å². The maximum atomic E-state index is 12.1. The maximum absolute atomic E-state index is 12.1. The number of aryl methyl sites for hydroxylation is 1. The number of nitrogens with zero attached hydrogens (tertiary/aromatic N) is 1. The first-order valence-corrected chi connectivity index (χ1v) is 7.25. The summed E-state index contributed by atoms with van der Waals surface area (Å²) in [6.07, 6.45) is 5.03. The highest BCUT2D eigenvalue weighted by atomic mass is 32.2. The SMILES string of the molecule is CC(C)(C)[S@](=O)N[C@H]1CCCc2ncccc21. The van der Waals surface area contributed by atoms with Gasteiger partial charge < -0.3 is 0 Å². The molecule has 0 amide bonds. The van der Waals surface area contributed by atoms with Crippen LogP contribution in [0.25, 0.3) is 0 Å². The minimum atomic E-state index is -1.02. The van der Waals surface area contributed by atoms with Crippen molar-refractivity contribution in [3.05, 3.63) is 29.6 Å². The molecular weight excluding hydrogens is 232 g/mol. The quantitative estimate of drug-likeness (QED) is 0.878. The Kier molecular flexibility index (Phi) is 3.64. The van der Waals surface area contributed by atoms with Crippen LogP contribution < -0.4 is 4.72 Å². The number of hydrogen-bond donors (Lipinski definition) is 1. The van der Waals surface area contributed by atoms with Crippen LogP contribution in [0, 0.1) is 0 Å². The third kappa shape index (κ3) is 2.93. The Morgan fingerprint density at radius 1 is 1.47 bits per heavy atom. The lowest BCUT2D eigenvalue weighted by Gasteiger charge is -2.28. The Labute approximate surface area is 106 Å². The molecule has 0 unspecified atom stereocenters. The molecule has 0 fully saturated rings. The second kappa shape index (κ2) is 4.86. The zero-order valence-corrected chi connectivity index (χ0v) is 11.5. The Bertz CT molecular complexity index is 426. The van der Waals surface area contributed by atoms with E-state index in [4.69, 9.17) is 0 Å².